The average molecular weight is 515 g/mol. The van der Waals surface area contributed by atoms with Gasteiger partial charge in [-0.25, -0.2) is 9.18 Å². The molecule has 0 aliphatic carbocycles. The van der Waals surface area contributed by atoms with Crippen molar-refractivity contribution in [2.24, 2.45) is 0 Å². The zero-order chi connectivity index (χ0) is 25.5. The van der Waals surface area contributed by atoms with Crippen LogP contribution >= 0.6 is 11.6 Å². The summed E-state index contributed by atoms with van der Waals surface area (Å²) in [5.41, 5.74) is 0.855. The number of halogens is 5. The van der Waals surface area contributed by atoms with Crippen LogP contribution in [0.2, 0.25) is 5.02 Å². The van der Waals surface area contributed by atoms with Crippen LogP contribution in [0.4, 0.5) is 23.2 Å². The number of alkyl halides is 3. The number of aliphatic hydroxyl groups excluding tert-OH is 1. The van der Waals surface area contributed by atoms with Gasteiger partial charge in [-0.15, -0.1) is 5.10 Å². The molecule has 12 heteroatoms. The third kappa shape index (κ3) is 4.74. The summed E-state index contributed by atoms with van der Waals surface area (Å²) in [5, 5.41) is 13.9. The van der Waals surface area contributed by atoms with Crippen LogP contribution in [-0.4, -0.2) is 38.3 Å². The molecule has 0 fully saturated rings. The molecule has 0 saturated carbocycles. The minimum atomic E-state index is -4.63. The topological polar surface area (TPSA) is 72.5 Å². The Morgan fingerprint density at radius 3 is 2.63 bits per heavy atom. The predicted octanol–water partition coefficient (Wildman–Crippen LogP) is 4.23. The van der Waals surface area contributed by atoms with Gasteiger partial charge in [-0.3, -0.25) is 4.57 Å². The lowest BCUT2D eigenvalue weighted by Crippen LogP contribution is -2.32. The van der Waals surface area contributed by atoms with Crippen LogP contribution in [0.15, 0.2) is 35.1 Å². The number of ether oxygens (including phenoxy) is 1. The standard InChI is InChI=1S/C23H23ClF4N4O3/c1-3-31-20(12-33)29-32(22(31)34)15-9-14-7-8-30(11-16-17(24)5-4-6-18(16)25)21(14)19(10-15)35-13(2)23(26,27)28/h4-6,9-10,13,33H,3,7-8,11-12H2,1-2H3/t13-/m1/s1. The van der Waals surface area contributed by atoms with Crippen molar-refractivity contribution in [2.45, 2.75) is 52.2 Å². The van der Waals surface area contributed by atoms with Crippen molar-refractivity contribution < 1.29 is 27.4 Å². The fourth-order valence-electron chi connectivity index (χ4n) is 4.11. The second-order valence-corrected chi connectivity index (χ2v) is 8.55. The van der Waals surface area contributed by atoms with Gasteiger partial charge >= 0.3 is 11.9 Å². The maximum atomic E-state index is 14.4. The first-order chi connectivity index (χ1) is 16.5. The van der Waals surface area contributed by atoms with Crippen molar-refractivity contribution in [3.8, 4) is 11.4 Å². The molecule has 188 valence electrons. The molecule has 1 N–H and O–H groups in total. The number of hydrogen-bond acceptors (Lipinski definition) is 5. The summed E-state index contributed by atoms with van der Waals surface area (Å²) < 4.78 is 62.2. The second-order valence-electron chi connectivity index (χ2n) is 8.14. The van der Waals surface area contributed by atoms with Crippen LogP contribution in [0.3, 0.4) is 0 Å². The Labute approximate surface area is 203 Å². The number of hydrogen-bond donors (Lipinski definition) is 1. The highest BCUT2D eigenvalue weighted by atomic mass is 35.5. The molecule has 35 heavy (non-hydrogen) atoms. The van der Waals surface area contributed by atoms with Crippen LogP contribution < -0.4 is 15.3 Å². The molecule has 2 heterocycles. The van der Waals surface area contributed by atoms with Crippen LogP contribution in [0, 0.1) is 5.82 Å². The normalized spacial score (nSPS) is 14.3. The molecule has 4 rings (SSSR count). The van der Waals surface area contributed by atoms with E-state index in [-0.39, 0.29) is 40.9 Å². The number of fused-ring (bicyclic) bond motifs is 1. The molecular weight excluding hydrogens is 492 g/mol. The number of benzene rings is 2. The van der Waals surface area contributed by atoms with Crippen molar-refractivity contribution in [3.63, 3.8) is 0 Å². The summed E-state index contributed by atoms with van der Waals surface area (Å²) in [6.45, 7) is 2.76. The van der Waals surface area contributed by atoms with E-state index in [9.17, 15) is 27.5 Å². The van der Waals surface area contributed by atoms with Gasteiger partial charge in [-0.2, -0.15) is 17.9 Å². The largest absolute Gasteiger partial charge is 0.479 e. The Hall–Kier alpha value is -3.05. The molecule has 0 saturated heterocycles. The van der Waals surface area contributed by atoms with Crippen molar-refractivity contribution in [1.29, 1.82) is 0 Å². The van der Waals surface area contributed by atoms with E-state index in [0.717, 1.165) is 11.6 Å². The Kier molecular flexibility index (Phi) is 6.83. The smallest absolute Gasteiger partial charge is 0.425 e. The molecule has 1 atom stereocenters. The monoisotopic (exact) mass is 514 g/mol. The van der Waals surface area contributed by atoms with Gasteiger partial charge in [0.2, 0.25) is 0 Å². The number of nitrogens with zero attached hydrogens (tertiary/aromatic N) is 4. The zero-order valence-electron chi connectivity index (χ0n) is 18.9. The van der Waals surface area contributed by atoms with E-state index in [1.807, 2.05) is 0 Å². The number of aromatic nitrogens is 3. The van der Waals surface area contributed by atoms with Crippen molar-refractivity contribution in [3.05, 3.63) is 68.6 Å². The third-order valence-corrected chi connectivity index (χ3v) is 6.28. The highest BCUT2D eigenvalue weighted by molar-refractivity contribution is 6.31. The fourth-order valence-corrected chi connectivity index (χ4v) is 4.33. The zero-order valence-corrected chi connectivity index (χ0v) is 19.7. The Bertz CT molecular complexity index is 1280. The van der Waals surface area contributed by atoms with E-state index >= 15 is 0 Å². The molecule has 0 spiro atoms. The minimum Gasteiger partial charge on any atom is -0.479 e. The summed E-state index contributed by atoms with van der Waals surface area (Å²) in [4.78, 5) is 14.5. The van der Waals surface area contributed by atoms with Gasteiger partial charge in [0.15, 0.2) is 11.9 Å². The molecule has 1 aliphatic heterocycles. The number of aliphatic hydroxyl groups is 1. The fraction of sp³-hybridized carbons (Fsp3) is 0.391. The Morgan fingerprint density at radius 1 is 1.29 bits per heavy atom. The Balaban J connectivity index is 1.83. The lowest BCUT2D eigenvalue weighted by Gasteiger charge is -2.26. The van der Waals surface area contributed by atoms with Gasteiger partial charge in [-0.05, 0) is 44.0 Å². The van der Waals surface area contributed by atoms with E-state index in [1.54, 1.807) is 24.0 Å². The molecular formula is C23H23ClF4N4O3. The van der Waals surface area contributed by atoms with E-state index < -0.39 is 30.4 Å². The molecule has 7 nitrogen and oxygen atoms in total. The lowest BCUT2D eigenvalue weighted by atomic mass is 10.1. The summed E-state index contributed by atoms with van der Waals surface area (Å²) in [7, 11) is 0. The summed E-state index contributed by atoms with van der Waals surface area (Å²) in [5.74, 6) is -0.516. The quantitative estimate of drug-likeness (QED) is 0.478. The first-order valence-corrected chi connectivity index (χ1v) is 11.3. The van der Waals surface area contributed by atoms with E-state index in [2.05, 4.69) is 5.10 Å². The van der Waals surface area contributed by atoms with Crippen LogP contribution in [0.25, 0.3) is 5.69 Å². The molecule has 2 aromatic carbocycles. The first-order valence-electron chi connectivity index (χ1n) is 10.9. The second kappa shape index (κ2) is 9.54. The summed E-state index contributed by atoms with van der Waals surface area (Å²) in [6.07, 6.45) is -6.35. The minimum absolute atomic E-state index is 0.0215. The van der Waals surface area contributed by atoms with Gasteiger partial charge in [0.05, 0.1) is 11.4 Å². The van der Waals surface area contributed by atoms with Gasteiger partial charge < -0.3 is 14.7 Å². The van der Waals surface area contributed by atoms with Gasteiger partial charge in [0.25, 0.3) is 0 Å². The maximum Gasteiger partial charge on any atom is 0.425 e. The lowest BCUT2D eigenvalue weighted by molar-refractivity contribution is -0.189. The SMILES string of the molecule is CCn1c(CO)nn(-c2cc3c(c(O[C@H](C)C(F)(F)F)c2)N(Cc2c(F)cccc2Cl)CC3)c1=O. The van der Waals surface area contributed by atoms with Gasteiger partial charge in [0, 0.05) is 36.3 Å². The van der Waals surface area contributed by atoms with Crippen molar-refractivity contribution in [2.75, 3.05) is 11.4 Å². The highest BCUT2D eigenvalue weighted by Crippen LogP contribution is 2.42. The molecule has 0 bridgehead atoms. The first kappa shape index (κ1) is 25.1. The van der Waals surface area contributed by atoms with E-state index in [1.165, 1.54) is 22.8 Å². The molecule has 0 amide bonds. The Morgan fingerprint density at radius 2 is 2.03 bits per heavy atom. The van der Waals surface area contributed by atoms with E-state index in [0.29, 0.717) is 24.2 Å². The molecule has 0 unspecified atom stereocenters. The number of rotatable bonds is 7. The third-order valence-electron chi connectivity index (χ3n) is 5.92. The number of anilines is 1. The van der Waals surface area contributed by atoms with Gasteiger partial charge in [-0.1, -0.05) is 17.7 Å². The van der Waals surface area contributed by atoms with Crippen LogP contribution in [-0.2, 0) is 26.1 Å². The van der Waals surface area contributed by atoms with E-state index in [4.69, 9.17) is 16.3 Å². The van der Waals surface area contributed by atoms with Crippen molar-refractivity contribution in [1.82, 2.24) is 14.3 Å². The van der Waals surface area contributed by atoms with Crippen LogP contribution in [0.1, 0.15) is 30.8 Å². The summed E-state index contributed by atoms with van der Waals surface area (Å²) >= 11 is 6.17. The van der Waals surface area contributed by atoms with Crippen molar-refractivity contribution >= 4 is 17.3 Å². The molecule has 3 aromatic rings. The van der Waals surface area contributed by atoms with Gasteiger partial charge in [0.1, 0.15) is 18.2 Å². The van der Waals surface area contributed by atoms with Crippen LogP contribution in [0.5, 0.6) is 5.75 Å². The molecule has 0 radical (unpaired) electrons. The molecule has 1 aromatic heterocycles. The molecule has 1 aliphatic rings. The summed E-state index contributed by atoms with van der Waals surface area (Å²) in [6, 6.07) is 7.22. The predicted molar refractivity (Wildman–Crippen MR) is 122 cm³/mol. The highest BCUT2D eigenvalue weighted by Gasteiger charge is 2.39. The maximum absolute atomic E-state index is 14.4. The average Bonchev–Trinajstić information content (AvgIpc) is 3.35.